The van der Waals surface area contributed by atoms with Crippen LogP contribution in [0, 0.1) is 0 Å². The Labute approximate surface area is 144 Å². The predicted octanol–water partition coefficient (Wildman–Crippen LogP) is 4.23. The molecule has 0 atom stereocenters. The molecule has 0 fully saturated rings. The molecule has 0 radical (unpaired) electrons. The fraction of sp³-hybridized carbons (Fsp3) is 0.450. The maximum absolute atomic E-state index is 12.0. The van der Waals surface area contributed by atoms with Crippen molar-refractivity contribution < 1.29 is 19.0 Å². The Balaban J connectivity index is 2.00. The Morgan fingerprint density at radius 2 is 2.00 bits per heavy atom. The van der Waals surface area contributed by atoms with Crippen LogP contribution < -0.4 is 9.47 Å². The molecule has 1 aliphatic carbocycles. The first-order valence-corrected chi connectivity index (χ1v) is 8.24. The summed E-state index contributed by atoms with van der Waals surface area (Å²) in [6, 6.07) is 5.52. The Kier molecular flexibility index (Phi) is 6.07. The molecular weight excluding hydrogens is 304 g/mol. The number of hydrogen-bond donors (Lipinski definition) is 0. The van der Waals surface area contributed by atoms with E-state index in [0.29, 0.717) is 12.4 Å². The molecule has 0 unspecified atom stereocenters. The zero-order valence-electron chi connectivity index (χ0n) is 14.9. The number of allylic oxidation sites excluding steroid dienone is 2. The molecular formula is C20H26O4. The topological polar surface area (TPSA) is 44.8 Å². The van der Waals surface area contributed by atoms with Crippen molar-refractivity contribution in [3.05, 3.63) is 47.6 Å². The van der Waals surface area contributed by atoms with Gasteiger partial charge in [0.1, 0.15) is 23.7 Å². The summed E-state index contributed by atoms with van der Waals surface area (Å²) in [5, 5.41) is 0. The summed E-state index contributed by atoms with van der Waals surface area (Å²) >= 11 is 0. The van der Waals surface area contributed by atoms with E-state index in [0.717, 1.165) is 24.2 Å². The van der Waals surface area contributed by atoms with Gasteiger partial charge >= 0.3 is 5.97 Å². The van der Waals surface area contributed by atoms with Crippen molar-refractivity contribution in [1.82, 2.24) is 0 Å². The van der Waals surface area contributed by atoms with Gasteiger partial charge in [-0.05, 0) is 45.3 Å². The second-order valence-electron chi connectivity index (χ2n) is 6.78. The van der Waals surface area contributed by atoms with E-state index in [4.69, 9.17) is 14.2 Å². The van der Waals surface area contributed by atoms with Crippen LogP contribution in [0.15, 0.2) is 42.0 Å². The highest BCUT2D eigenvalue weighted by molar-refractivity contribution is 5.74. The Morgan fingerprint density at radius 1 is 1.21 bits per heavy atom. The number of esters is 1. The normalized spacial score (nSPS) is 14.1. The summed E-state index contributed by atoms with van der Waals surface area (Å²) in [5.41, 5.74) is 1.48. The molecule has 0 bridgehead atoms. The molecule has 0 saturated heterocycles. The van der Waals surface area contributed by atoms with Gasteiger partial charge in [0.25, 0.3) is 0 Å². The van der Waals surface area contributed by atoms with Gasteiger partial charge in [-0.1, -0.05) is 24.3 Å². The minimum atomic E-state index is -0.491. The first-order valence-electron chi connectivity index (χ1n) is 8.24. The number of rotatable bonds is 6. The summed E-state index contributed by atoms with van der Waals surface area (Å²) < 4.78 is 16.6. The van der Waals surface area contributed by atoms with E-state index in [2.05, 4.69) is 18.2 Å². The highest BCUT2D eigenvalue weighted by atomic mass is 16.6. The lowest BCUT2D eigenvalue weighted by atomic mass is 10.1. The lowest BCUT2D eigenvalue weighted by Gasteiger charge is -2.20. The minimum Gasteiger partial charge on any atom is -0.496 e. The number of methoxy groups -OCH3 is 1. The van der Waals surface area contributed by atoms with Crippen LogP contribution in [0.2, 0.25) is 0 Å². The van der Waals surface area contributed by atoms with Crippen molar-refractivity contribution in [3.8, 4) is 11.5 Å². The van der Waals surface area contributed by atoms with E-state index < -0.39 is 5.60 Å². The van der Waals surface area contributed by atoms with E-state index in [-0.39, 0.29) is 12.4 Å². The van der Waals surface area contributed by atoms with Crippen molar-refractivity contribution >= 4 is 5.97 Å². The van der Waals surface area contributed by atoms with Gasteiger partial charge in [-0.25, -0.2) is 0 Å². The lowest BCUT2D eigenvalue weighted by Crippen LogP contribution is -2.25. The van der Waals surface area contributed by atoms with Crippen molar-refractivity contribution in [3.63, 3.8) is 0 Å². The van der Waals surface area contributed by atoms with Crippen molar-refractivity contribution in [2.45, 2.75) is 45.6 Å². The van der Waals surface area contributed by atoms with Crippen LogP contribution in [-0.2, 0) is 16.0 Å². The van der Waals surface area contributed by atoms with E-state index in [1.54, 1.807) is 7.11 Å². The molecule has 4 nitrogen and oxygen atoms in total. The first-order chi connectivity index (χ1) is 11.4. The minimum absolute atomic E-state index is 0.175. The van der Waals surface area contributed by atoms with Crippen molar-refractivity contribution in [2.24, 2.45) is 0 Å². The number of ether oxygens (including phenoxy) is 3. The average molecular weight is 330 g/mol. The molecule has 2 rings (SSSR count). The average Bonchev–Trinajstić information content (AvgIpc) is 2.53. The summed E-state index contributed by atoms with van der Waals surface area (Å²) in [6.07, 6.45) is 8.77. The first kappa shape index (κ1) is 18.1. The predicted molar refractivity (Wildman–Crippen MR) is 94.5 cm³/mol. The van der Waals surface area contributed by atoms with Crippen LogP contribution in [0.4, 0.5) is 0 Å². The van der Waals surface area contributed by atoms with Gasteiger partial charge in [-0.2, -0.15) is 0 Å². The maximum Gasteiger partial charge on any atom is 0.310 e. The molecule has 1 aromatic rings. The molecule has 0 saturated carbocycles. The van der Waals surface area contributed by atoms with E-state index >= 15 is 0 Å². The van der Waals surface area contributed by atoms with Gasteiger partial charge in [-0.3, -0.25) is 4.79 Å². The van der Waals surface area contributed by atoms with Gasteiger partial charge in [0.05, 0.1) is 13.5 Å². The summed E-state index contributed by atoms with van der Waals surface area (Å²) in [6.45, 7) is 6.10. The standard InChI is InChI=1S/C20H26O4/c1-20(2,3)24-19(21)12-16-10-11-17(13-18(16)22-4)23-14-15-8-6-5-7-9-15/h6,8-11,13H,5,7,12,14H2,1-4H3. The molecule has 0 aromatic heterocycles. The van der Waals surface area contributed by atoms with Crippen molar-refractivity contribution in [2.75, 3.05) is 13.7 Å². The van der Waals surface area contributed by atoms with Gasteiger partial charge in [-0.15, -0.1) is 0 Å². The SMILES string of the molecule is COc1cc(OCC2=CCCC=C2)ccc1CC(=O)OC(C)(C)C. The van der Waals surface area contributed by atoms with Gasteiger partial charge in [0.15, 0.2) is 0 Å². The molecule has 24 heavy (non-hydrogen) atoms. The lowest BCUT2D eigenvalue weighted by molar-refractivity contribution is -0.153. The second-order valence-corrected chi connectivity index (χ2v) is 6.78. The van der Waals surface area contributed by atoms with Crippen LogP contribution in [0.1, 0.15) is 39.2 Å². The Hall–Kier alpha value is -2.23. The van der Waals surface area contributed by atoms with Crippen molar-refractivity contribution in [1.29, 1.82) is 0 Å². The second kappa shape index (κ2) is 8.04. The zero-order valence-corrected chi connectivity index (χ0v) is 14.9. The fourth-order valence-electron chi connectivity index (χ4n) is 2.44. The van der Waals surface area contributed by atoms with Crippen LogP contribution in [0.25, 0.3) is 0 Å². The van der Waals surface area contributed by atoms with E-state index in [9.17, 15) is 4.79 Å². The summed E-state index contributed by atoms with van der Waals surface area (Å²) in [4.78, 5) is 12.0. The summed E-state index contributed by atoms with van der Waals surface area (Å²) in [5.74, 6) is 1.08. The third-order valence-electron chi connectivity index (χ3n) is 3.49. The number of carbonyl (C=O) groups excluding carboxylic acids is 1. The Bertz CT molecular complexity index is 636. The largest absolute Gasteiger partial charge is 0.496 e. The molecule has 0 heterocycles. The zero-order chi connectivity index (χ0) is 17.6. The third kappa shape index (κ3) is 5.76. The quantitative estimate of drug-likeness (QED) is 0.732. The smallest absolute Gasteiger partial charge is 0.310 e. The molecule has 4 heteroatoms. The van der Waals surface area contributed by atoms with Gasteiger partial charge < -0.3 is 14.2 Å². The number of benzene rings is 1. The highest BCUT2D eigenvalue weighted by Gasteiger charge is 2.18. The molecule has 1 aliphatic rings. The monoisotopic (exact) mass is 330 g/mol. The molecule has 0 spiro atoms. The van der Waals surface area contributed by atoms with Crippen LogP contribution in [0.5, 0.6) is 11.5 Å². The molecule has 0 N–H and O–H groups in total. The van der Waals surface area contributed by atoms with Gasteiger partial charge in [0.2, 0.25) is 0 Å². The molecule has 1 aromatic carbocycles. The third-order valence-corrected chi connectivity index (χ3v) is 3.49. The Morgan fingerprint density at radius 3 is 2.62 bits per heavy atom. The highest BCUT2D eigenvalue weighted by Crippen LogP contribution is 2.26. The van der Waals surface area contributed by atoms with Crippen LogP contribution in [0.3, 0.4) is 0 Å². The van der Waals surface area contributed by atoms with Crippen LogP contribution in [-0.4, -0.2) is 25.3 Å². The molecule has 0 aliphatic heterocycles. The van der Waals surface area contributed by atoms with Gasteiger partial charge in [0, 0.05) is 11.6 Å². The summed E-state index contributed by atoms with van der Waals surface area (Å²) in [7, 11) is 1.59. The van der Waals surface area contributed by atoms with E-state index in [1.807, 2.05) is 39.0 Å². The number of hydrogen-bond acceptors (Lipinski definition) is 4. The maximum atomic E-state index is 12.0. The van der Waals surface area contributed by atoms with E-state index in [1.165, 1.54) is 5.57 Å². The van der Waals surface area contributed by atoms with Crippen LogP contribution >= 0.6 is 0 Å². The molecule has 130 valence electrons. The molecule has 0 amide bonds. The number of carbonyl (C=O) groups is 1. The fourth-order valence-corrected chi connectivity index (χ4v) is 2.44.